The highest BCUT2D eigenvalue weighted by Crippen LogP contribution is 2.47. The zero-order chi connectivity index (χ0) is 25.9. The molecule has 0 fully saturated rings. The van der Waals surface area contributed by atoms with Gasteiger partial charge in [-0.15, -0.1) is 0 Å². The molecular weight excluding hydrogens is 485 g/mol. The molecule has 4 rings (SSSR count). The van der Waals surface area contributed by atoms with E-state index in [9.17, 15) is 14.0 Å². The molecule has 3 unspecified atom stereocenters. The zero-order valence-electron chi connectivity index (χ0n) is 20.4. The molecule has 7 nitrogen and oxygen atoms in total. The van der Waals surface area contributed by atoms with Crippen molar-refractivity contribution in [2.75, 3.05) is 39.6 Å². The van der Waals surface area contributed by atoms with E-state index in [2.05, 4.69) is 10.6 Å². The van der Waals surface area contributed by atoms with Crippen LogP contribution in [0.4, 0.5) is 10.1 Å². The second-order valence-electron chi connectivity index (χ2n) is 9.07. The van der Waals surface area contributed by atoms with E-state index in [-0.39, 0.29) is 22.1 Å². The Hall–Kier alpha value is -3.20. The predicted octanol–water partition coefficient (Wildman–Crippen LogP) is 3.36. The fraction of sp³-hybridized carbons (Fsp3) is 0.333. The zero-order valence-corrected chi connectivity index (χ0v) is 21.1. The van der Waals surface area contributed by atoms with Crippen molar-refractivity contribution < 1.29 is 23.5 Å². The molecule has 2 aliphatic rings. The lowest BCUT2D eigenvalue weighted by molar-refractivity contribution is -0.138. The van der Waals surface area contributed by atoms with Crippen molar-refractivity contribution in [1.29, 1.82) is 0 Å². The smallest absolute Gasteiger partial charge is 0.337 e. The van der Waals surface area contributed by atoms with Gasteiger partial charge in [0.2, 0.25) is 0 Å². The molecule has 2 aliphatic heterocycles. The number of halogens is 2. The Kier molecular flexibility index (Phi) is 7.78. The molecule has 2 aromatic rings. The Labute approximate surface area is 214 Å². The molecule has 2 aromatic carbocycles. The van der Waals surface area contributed by atoms with Crippen LogP contribution in [0.3, 0.4) is 0 Å². The molecule has 0 radical (unpaired) electrons. The Balaban J connectivity index is 1.76. The summed E-state index contributed by atoms with van der Waals surface area (Å²) in [5.41, 5.74) is 0.418. The van der Waals surface area contributed by atoms with Gasteiger partial charge in [0.1, 0.15) is 17.5 Å². The van der Waals surface area contributed by atoms with E-state index in [1.54, 1.807) is 18.2 Å². The first-order valence-corrected chi connectivity index (χ1v) is 12.0. The largest absolute Gasteiger partial charge is 0.466 e. The van der Waals surface area contributed by atoms with Gasteiger partial charge in [0.15, 0.2) is 0 Å². The van der Waals surface area contributed by atoms with Gasteiger partial charge < -0.3 is 25.0 Å². The monoisotopic (exact) mass is 513 g/mol. The van der Waals surface area contributed by atoms with Crippen molar-refractivity contribution in [1.82, 2.24) is 10.2 Å². The molecule has 0 spiro atoms. The second-order valence-corrected chi connectivity index (χ2v) is 9.51. The number of likely N-dealkylation sites (N-methyl/N-ethyl adjacent to an activating group) is 1. The van der Waals surface area contributed by atoms with Gasteiger partial charge in [0.25, 0.3) is 5.91 Å². The minimum absolute atomic E-state index is 0.135. The molecule has 0 aliphatic carbocycles. The third-order valence-electron chi connectivity index (χ3n) is 6.27. The molecule has 1 amide bonds. The molecule has 9 heteroatoms. The number of hydrogen-bond donors (Lipinski definition) is 2. The van der Waals surface area contributed by atoms with Crippen molar-refractivity contribution >= 4 is 29.2 Å². The summed E-state index contributed by atoms with van der Waals surface area (Å²) in [7, 11) is 5.08. The number of rotatable bonds is 10. The SMILES string of the molecule is COC(=O)C1=C(C(=O)NCCN(C)C)C2C=CC1(C(Cc1ccccc1)Nc1cc(F)cc(Cl)c1)O2. The number of hydrogen-bond acceptors (Lipinski definition) is 6. The number of carbonyl (C=O) groups excluding carboxylic acids is 2. The number of fused-ring (bicyclic) bond motifs is 2. The highest BCUT2D eigenvalue weighted by molar-refractivity contribution is 6.30. The summed E-state index contributed by atoms with van der Waals surface area (Å²) in [6.07, 6.45) is 3.24. The van der Waals surface area contributed by atoms with E-state index in [0.717, 1.165) is 5.56 Å². The van der Waals surface area contributed by atoms with Crippen molar-refractivity contribution in [3.8, 4) is 0 Å². The number of nitrogens with zero attached hydrogens (tertiary/aromatic N) is 1. The molecule has 36 heavy (non-hydrogen) atoms. The van der Waals surface area contributed by atoms with Crippen LogP contribution in [0.15, 0.2) is 71.8 Å². The van der Waals surface area contributed by atoms with Gasteiger partial charge in [0, 0.05) is 23.8 Å². The number of carbonyl (C=O) groups is 2. The fourth-order valence-electron chi connectivity index (χ4n) is 4.64. The molecule has 2 bridgehead atoms. The van der Waals surface area contributed by atoms with Gasteiger partial charge >= 0.3 is 5.97 Å². The summed E-state index contributed by atoms with van der Waals surface area (Å²) in [5.74, 6) is -1.55. The van der Waals surface area contributed by atoms with Gasteiger partial charge in [0.05, 0.1) is 24.3 Å². The molecule has 2 N–H and O–H groups in total. The Morgan fingerprint density at radius 2 is 1.97 bits per heavy atom. The number of methoxy groups -OCH3 is 1. The molecule has 0 saturated heterocycles. The van der Waals surface area contributed by atoms with E-state index in [1.165, 1.54) is 19.2 Å². The van der Waals surface area contributed by atoms with E-state index in [4.69, 9.17) is 21.1 Å². The minimum atomic E-state index is -1.32. The number of esters is 1. The third-order valence-corrected chi connectivity index (χ3v) is 6.49. The molecular formula is C27H29ClFN3O4. The Morgan fingerprint density at radius 3 is 2.64 bits per heavy atom. The third kappa shape index (κ3) is 5.31. The number of amides is 1. The highest BCUT2D eigenvalue weighted by Gasteiger charge is 2.58. The summed E-state index contributed by atoms with van der Waals surface area (Å²) in [6.45, 7) is 1.04. The van der Waals surface area contributed by atoms with Crippen molar-refractivity contribution in [2.24, 2.45) is 0 Å². The van der Waals surface area contributed by atoms with Crippen LogP contribution in [0.25, 0.3) is 0 Å². The lowest BCUT2D eigenvalue weighted by Crippen LogP contribution is -2.49. The van der Waals surface area contributed by atoms with Gasteiger partial charge in [-0.3, -0.25) is 4.79 Å². The van der Waals surface area contributed by atoms with Crippen LogP contribution < -0.4 is 10.6 Å². The van der Waals surface area contributed by atoms with Gasteiger partial charge in [-0.1, -0.05) is 48.0 Å². The number of nitrogens with one attached hydrogen (secondary N) is 2. The topological polar surface area (TPSA) is 79.9 Å². The molecule has 190 valence electrons. The maximum Gasteiger partial charge on any atom is 0.337 e. The molecule has 2 heterocycles. The number of anilines is 1. The minimum Gasteiger partial charge on any atom is -0.466 e. The normalized spacial score (nSPS) is 21.1. The van der Waals surface area contributed by atoms with E-state index >= 15 is 0 Å². The highest BCUT2D eigenvalue weighted by atomic mass is 35.5. The first kappa shape index (κ1) is 25.9. The number of ether oxygens (including phenoxy) is 2. The average molecular weight is 514 g/mol. The van der Waals surface area contributed by atoms with Crippen LogP contribution in [-0.4, -0.2) is 68.8 Å². The summed E-state index contributed by atoms with van der Waals surface area (Å²) in [4.78, 5) is 28.3. The lowest BCUT2D eigenvalue weighted by Gasteiger charge is -2.36. The quantitative estimate of drug-likeness (QED) is 0.375. The van der Waals surface area contributed by atoms with Gasteiger partial charge in [-0.2, -0.15) is 0 Å². The predicted molar refractivity (Wildman–Crippen MR) is 136 cm³/mol. The Morgan fingerprint density at radius 1 is 1.22 bits per heavy atom. The lowest BCUT2D eigenvalue weighted by atomic mass is 9.78. The van der Waals surface area contributed by atoms with E-state index < -0.39 is 29.5 Å². The maximum absolute atomic E-state index is 14.2. The molecule has 0 aromatic heterocycles. The van der Waals surface area contributed by atoms with Crippen LogP contribution in [0, 0.1) is 5.82 Å². The summed E-state index contributed by atoms with van der Waals surface area (Å²) in [6, 6.07) is 13.2. The van der Waals surface area contributed by atoms with Crippen LogP contribution in [0.1, 0.15) is 5.56 Å². The van der Waals surface area contributed by atoms with Crippen LogP contribution in [-0.2, 0) is 25.5 Å². The fourth-order valence-corrected chi connectivity index (χ4v) is 4.86. The van der Waals surface area contributed by atoms with Crippen molar-refractivity contribution in [3.05, 3.63) is 88.2 Å². The number of benzene rings is 2. The summed E-state index contributed by atoms with van der Waals surface area (Å²) in [5, 5.41) is 6.41. The van der Waals surface area contributed by atoms with Crippen LogP contribution in [0.5, 0.6) is 0 Å². The maximum atomic E-state index is 14.2. The average Bonchev–Trinajstić information content (AvgIpc) is 3.41. The molecule has 0 saturated carbocycles. The summed E-state index contributed by atoms with van der Waals surface area (Å²) >= 11 is 6.10. The molecule has 3 atom stereocenters. The van der Waals surface area contributed by atoms with Crippen LogP contribution in [0.2, 0.25) is 5.02 Å². The second kappa shape index (κ2) is 10.8. The standard InChI is InChI=1S/C27H29ClFN3O4/c1-32(2)12-11-30-25(33)23-21-9-10-27(36-21,24(23)26(34)35-3)22(13-17-7-5-4-6-8-17)31-20-15-18(28)14-19(29)16-20/h4-10,14-16,21-22,31H,11-13H2,1-3H3,(H,30,33). The van der Waals surface area contributed by atoms with Gasteiger partial charge in [-0.25, -0.2) is 9.18 Å². The van der Waals surface area contributed by atoms with E-state index in [0.29, 0.717) is 25.2 Å². The first-order valence-electron chi connectivity index (χ1n) is 11.6. The van der Waals surface area contributed by atoms with Gasteiger partial charge in [-0.05, 0) is 50.4 Å². The first-order chi connectivity index (χ1) is 17.2. The van der Waals surface area contributed by atoms with E-state index in [1.807, 2.05) is 49.3 Å². The summed E-state index contributed by atoms with van der Waals surface area (Å²) < 4.78 is 25.7. The van der Waals surface area contributed by atoms with Crippen LogP contribution >= 0.6 is 11.6 Å². The van der Waals surface area contributed by atoms with Crippen molar-refractivity contribution in [3.63, 3.8) is 0 Å². The Bertz CT molecular complexity index is 1180. The van der Waals surface area contributed by atoms with Crippen molar-refractivity contribution in [2.45, 2.75) is 24.2 Å².